The van der Waals surface area contributed by atoms with Gasteiger partial charge in [-0.1, -0.05) is 27.7 Å². The molecule has 0 amide bonds. The van der Waals surface area contributed by atoms with Crippen LogP contribution >= 0.6 is 11.8 Å². The van der Waals surface area contributed by atoms with Crippen LogP contribution in [0, 0.1) is 5.41 Å². The standard InChI is InChI=1S/C12H28N2S/c1-7-10(13)11(12(2,3)4)15-9-8-14(5)6/h10-11H,7-9,13H2,1-6H3. The summed E-state index contributed by atoms with van der Waals surface area (Å²) in [4.78, 5) is 2.23. The summed E-state index contributed by atoms with van der Waals surface area (Å²) in [6, 6.07) is 0.317. The van der Waals surface area contributed by atoms with Gasteiger partial charge in [0.25, 0.3) is 0 Å². The zero-order valence-corrected chi connectivity index (χ0v) is 12.0. The molecule has 92 valence electrons. The van der Waals surface area contributed by atoms with Crippen LogP contribution in [0.3, 0.4) is 0 Å². The summed E-state index contributed by atoms with van der Waals surface area (Å²) < 4.78 is 0. The maximum absolute atomic E-state index is 6.19. The predicted octanol–water partition coefficient (Wildman–Crippen LogP) is 2.43. The molecule has 0 bridgehead atoms. The molecule has 0 radical (unpaired) electrons. The van der Waals surface area contributed by atoms with Crippen molar-refractivity contribution in [2.75, 3.05) is 26.4 Å². The Labute approximate surface area is 100.0 Å². The summed E-state index contributed by atoms with van der Waals surface area (Å²) >= 11 is 2.02. The smallest absolute Gasteiger partial charge is 0.0247 e. The van der Waals surface area contributed by atoms with Crippen LogP contribution < -0.4 is 5.73 Å². The third kappa shape index (κ3) is 6.44. The van der Waals surface area contributed by atoms with Gasteiger partial charge in [0, 0.05) is 23.6 Å². The topological polar surface area (TPSA) is 29.3 Å². The maximum Gasteiger partial charge on any atom is 0.0247 e. The third-order valence-electron chi connectivity index (χ3n) is 2.55. The van der Waals surface area contributed by atoms with Crippen LogP contribution in [0.2, 0.25) is 0 Å². The molecule has 0 aromatic heterocycles. The van der Waals surface area contributed by atoms with Crippen LogP contribution in [0.4, 0.5) is 0 Å². The molecule has 2 N–H and O–H groups in total. The van der Waals surface area contributed by atoms with Crippen molar-refractivity contribution in [3.05, 3.63) is 0 Å². The highest BCUT2D eigenvalue weighted by Crippen LogP contribution is 2.33. The average Bonchev–Trinajstić information content (AvgIpc) is 2.09. The Bertz CT molecular complexity index is 163. The average molecular weight is 232 g/mol. The van der Waals surface area contributed by atoms with Crippen molar-refractivity contribution in [1.82, 2.24) is 4.90 Å². The fraction of sp³-hybridized carbons (Fsp3) is 1.00. The van der Waals surface area contributed by atoms with Gasteiger partial charge in [-0.25, -0.2) is 0 Å². The first-order valence-corrected chi connectivity index (χ1v) is 6.85. The zero-order valence-electron chi connectivity index (χ0n) is 11.2. The molecule has 0 fully saturated rings. The van der Waals surface area contributed by atoms with E-state index in [0.29, 0.717) is 16.7 Å². The second kappa shape index (κ2) is 6.77. The molecule has 0 aromatic rings. The molecule has 0 heterocycles. The fourth-order valence-corrected chi connectivity index (χ4v) is 3.26. The van der Waals surface area contributed by atoms with Gasteiger partial charge in [0.05, 0.1) is 0 Å². The monoisotopic (exact) mass is 232 g/mol. The normalized spacial score (nSPS) is 16.8. The second-order valence-electron chi connectivity index (χ2n) is 5.53. The molecule has 2 atom stereocenters. The quantitative estimate of drug-likeness (QED) is 0.763. The minimum absolute atomic E-state index is 0.298. The van der Waals surface area contributed by atoms with Crippen molar-refractivity contribution in [2.24, 2.45) is 11.1 Å². The van der Waals surface area contributed by atoms with E-state index in [1.165, 1.54) is 5.75 Å². The van der Waals surface area contributed by atoms with Crippen LogP contribution in [0.25, 0.3) is 0 Å². The van der Waals surface area contributed by atoms with E-state index in [-0.39, 0.29) is 0 Å². The zero-order chi connectivity index (χ0) is 12.1. The fourth-order valence-electron chi connectivity index (χ4n) is 1.59. The molecule has 0 aromatic carbocycles. The molecule has 2 unspecified atom stereocenters. The molecule has 0 saturated carbocycles. The minimum atomic E-state index is 0.298. The molecular weight excluding hydrogens is 204 g/mol. The Morgan fingerprint density at radius 1 is 1.27 bits per heavy atom. The number of nitrogens with zero attached hydrogens (tertiary/aromatic N) is 1. The van der Waals surface area contributed by atoms with Crippen molar-refractivity contribution in [2.45, 2.75) is 45.4 Å². The molecule has 0 aliphatic heterocycles. The first-order chi connectivity index (χ1) is 6.79. The molecule has 3 heteroatoms. The number of hydrogen-bond donors (Lipinski definition) is 1. The molecule has 15 heavy (non-hydrogen) atoms. The van der Waals surface area contributed by atoms with E-state index in [1.54, 1.807) is 0 Å². The first-order valence-electron chi connectivity index (χ1n) is 5.81. The molecule has 0 rings (SSSR count). The van der Waals surface area contributed by atoms with Gasteiger partial charge in [-0.15, -0.1) is 0 Å². The highest BCUT2D eigenvalue weighted by Gasteiger charge is 2.29. The van der Waals surface area contributed by atoms with Gasteiger partial charge in [0.1, 0.15) is 0 Å². The van der Waals surface area contributed by atoms with E-state index in [0.717, 1.165) is 13.0 Å². The highest BCUT2D eigenvalue weighted by molar-refractivity contribution is 8.00. The van der Waals surface area contributed by atoms with E-state index in [2.05, 4.69) is 46.7 Å². The number of hydrogen-bond acceptors (Lipinski definition) is 3. The predicted molar refractivity (Wildman–Crippen MR) is 72.5 cm³/mol. The summed E-state index contributed by atoms with van der Waals surface area (Å²) in [5, 5.41) is 0.558. The van der Waals surface area contributed by atoms with Gasteiger partial charge < -0.3 is 10.6 Å². The molecule has 0 aliphatic rings. The van der Waals surface area contributed by atoms with E-state index in [9.17, 15) is 0 Å². The Balaban J connectivity index is 4.15. The largest absolute Gasteiger partial charge is 0.327 e. The van der Waals surface area contributed by atoms with E-state index >= 15 is 0 Å². The Morgan fingerprint density at radius 3 is 2.13 bits per heavy atom. The summed E-state index contributed by atoms with van der Waals surface area (Å²) in [6.07, 6.45) is 1.07. The lowest BCUT2D eigenvalue weighted by molar-refractivity contribution is 0.349. The lowest BCUT2D eigenvalue weighted by Gasteiger charge is -2.34. The van der Waals surface area contributed by atoms with Gasteiger partial charge in [-0.2, -0.15) is 11.8 Å². The molecule has 0 saturated heterocycles. The Hall–Kier alpha value is 0.270. The maximum atomic E-state index is 6.19. The number of nitrogens with two attached hydrogens (primary N) is 1. The van der Waals surface area contributed by atoms with Crippen LogP contribution in [-0.2, 0) is 0 Å². The van der Waals surface area contributed by atoms with Gasteiger partial charge in [0.15, 0.2) is 0 Å². The van der Waals surface area contributed by atoms with E-state index in [4.69, 9.17) is 5.73 Å². The van der Waals surface area contributed by atoms with Crippen molar-refractivity contribution in [3.8, 4) is 0 Å². The van der Waals surface area contributed by atoms with Crippen molar-refractivity contribution in [1.29, 1.82) is 0 Å². The summed E-state index contributed by atoms with van der Waals surface area (Å²) in [6.45, 7) is 10.2. The van der Waals surface area contributed by atoms with Crippen molar-refractivity contribution >= 4 is 11.8 Å². The highest BCUT2D eigenvalue weighted by atomic mass is 32.2. The van der Waals surface area contributed by atoms with Crippen LogP contribution in [0.5, 0.6) is 0 Å². The van der Waals surface area contributed by atoms with Gasteiger partial charge in [-0.3, -0.25) is 0 Å². The van der Waals surface area contributed by atoms with Crippen molar-refractivity contribution in [3.63, 3.8) is 0 Å². The van der Waals surface area contributed by atoms with Gasteiger partial charge in [-0.05, 0) is 25.9 Å². The molecular formula is C12H28N2S. The number of rotatable bonds is 6. The lowest BCUT2D eigenvalue weighted by atomic mass is 9.87. The Morgan fingerprint density at radius 2 is 1.80 bits per heavy atom. The summed E-state index contributed by atoms with van der Waals surface area (Å²) in [5.74, 6) is 1.17. The van der Waals surface area contributed by atoms with Crippen LogP contribution in [-0.4, -0.2) is 42.6 Å². The molecule has 0 aliphatic carbocycles. The van der Waals surface area contributed by atoms with E-state index < -0.39 is 0 Å². The SMILES string of the molecule is CCC(N)C(SCCN(C)C)C(C)(C)C. The summed E-state index contributed by atoms with van der Waals surface area (Å²) in [5.41, 5.74) is 6.48. The Kier molecular flexibility index (Phi) is 6.89. The summed E-state index contributed by atoms with van der Waals surface area (Å²) in [7, 11) is 4.23. The third-order valence-corrected chi connectivity index (χ3v) is 4.38. The molecule has 0 spiro atoms. The van der Waals surface area contributed by atoms with E-state index in [1.807, 2.05) is 11.8 Å². The van der Waals surface area contributed by atoms with Crippen molar-refractivity contribution < 1.29 is 0 Å². The first kappa shape index (κ1) is 15.3. The minimum Gasteiger partial charge on any atom is -0.327 e. The molecule has 2 nitrogen and oxygen atoms in total. The van der Waals surface area contributed by atoms with Crippen LogP contribution in [0.15, 0.2) is 0 Å². The number of thioether (sulfide) groups is 1. The lowest BCUT2D eigenvalue weighted by Crippen LogP contribution is -2.41. The second-order valence-corrected chi connectivity index (χ2v) is 6.78. The van der Waals surface area contributed by atoms with Gasteiger partial charge in [0.2, 0.25) is 0 Å². The van der Waals surface area contributed by atoms with Crippen LogP contribution in [0.1, 0.15) is 34.1 Å². The van der Waals surface area contributed by atoms with Gasteiger partial charge >= 0.3 is 0 Å².